The predicted octanol–water partition coefficient (Wildman–Crippen LogP) is 3.43. The summed E-state index contributed by atoms with van der Waals surface area (Å²) in [5.41, 5.74) is 8.16. The Morgan fingerprint density at radius 2 is 1.95 bits per heavy atom. The highest BCUT2D eigenvalue weighted by atomic mass is 15.2. The lowest BCUT2D eigenvalue weighted by Crippen LogP contribution is -2.34. The summed E-state index contributed by atoms with van der Waals surface area (Å²) < 4.78 is 0. The van der Waals surface area contributed by atoms with Gasteiger partial charge in [-0.25, -0.2) is 4.98 Å². The molecule has 1 aromatic rings. The molecular weight excluding hydrogens is 234 g/mol. The van der Waals surface area contributed by atoms with Gasteiger partial charge in [-0.1, -0.05) is 33.1 Å². The van der Waals surface area contributed by atoms with Gasteiger partial charge in [-0.2, -0.15) is 0 Å². The minimum atomic E-state index is 0.449. The van der Waals surface area contributed by atoms with Gasteiger partial charge in [0, 0.05) is 25.3 Å². The van der Waals surface area contributed by atoms with Crippen LogP contribution in [0.2, 0.25) is 0 Å². The number of aromatic nitrogens is 1. The van der Waals surface area contributed by atoms with E-state index < -0.39 is 0 Å². The fraction of sp³-hybridized carbons (Fsp3) is 0.688. The van der Waals surface area contributed by atoms with Crippen molar-refractivity contribution >= 4 is 5.82 Å². The van der Waals surface area contributed by atoms with Crippen LogP contribution in [-0.4, -0.2) is 18.1 Å². The highest BCUT2D eigenvalue weighted by Crippen LogP contribution is 2.27. The van der Waals surface area contributed by atoms with E-state index in [1.54, 1.807) is 0 Å². The Balaban J connectivity index is 2.24. The first kappa shape index (κ1) is 14.3. The van der Waals surface area contributed by atoms with Crippen LogP contribution in [0.1, 0.15) is 63.1 Å². The SMILES string of the molecule is CC(C)c1cc(CN)cc(N(C)C2CCCCC2)n1. The molecule has 0 radical (unpaired) electrons. The molecule has 0 atom stereocenters. The van der Waals surface area contributed by atoms with Crippen molar-refractivity contribution in [1.82, 2.24) is 4.98 Å². The van der Waals surface area contributed by atoms with E-state index in [4.69, 9.17) is 10.7 Å². The Morgan fingerprint density at radius 3 is 2.53 bits per heavy atom. The van der Waals surface area contributed by atoms with Crippen molar-refractivity contribution < 1.29 is 0 Å². The van der Waals surface area contributed by atoms with Crippen molar-refractivity contribution in [2.75, 3.05) is 11.9 Å². The average Bonchev–Trinajstić information content (AvgIpc) is 2.46. The van der Waals surface area contributed by atoms with E-state index >= 15 is 0 Å². The molecule has 0 aliphatic heterocycles. The molecule has 0 bridgehead atoms. The standard InChI is InChI=1S/C16H27N3/c1-12(2)15-9-13(11-17)10-16(18-15)19(3)14-7-5-4-6-8-14/h9-10,12,14H,4-8,11,17H2,1-3H3. The summed E-state index contributed by atoms with van der Waals surface area (Å²) in [5.74, 6) is 1.54. The lowest BCUT2D eigenvalue weighted by atomic mass is 9.94. The molecule has 1 fully saturated rings. The largest absolute Gasteiger partial charge is 0.357 e. The molecule has 0 amide bonds. The van der Waals surface area contributed by atoms with E-state index in [2.05, 4.69) is 37.9 Å². The first-order chi connectivity index (χ1) is 9.11. The van der Waals surface area contributed by atoms with Crippen LogP contribution in [0.25, 0.3) is 0 Å². The molecule has 1 saturated carbocycles. The maximum absolute atomic E-state index is 5.82. The van der Waals surface area contributed by atoms with Crippen LogP contribution in [-0.2, 0) is 6.54 Å². The number of hydrogen-bond donors (Lipinski definition) is 1. The van der Waals surface area contributed by atoms with Crippen molar-refractivity contribution in [1.29, 1.82) is 0 Å². The first-order valence-corrected chi connectivity index (χ1v) is 7.55. The van der Waals surface area contributed by atoms with Gasteiger partial charge < -0.3 is 10.6 Å². The molecule has 19 heavy (non-hydrogen) atoms. The second-order valence-corrected chi connectivity index (χ2v) is 6.02. The zero-order valence-corrected chi connectivity index (χ0v) is 12.5. The number of nitrogens with two attached hydrogens (primary N) is 1. The summed E-state index contributed by atoms with van der Waals surface area (Å²) in [4.78, 5) is 7.19. The fourth-order valence-corrected chi connectivity index (χ4v) is 2.84. The molecule has 1 heterocycles. The average molecular weight is 261 g/mol. The Kier molecular flexibility index (Phi) is 4.81. The van der Waals surface area contributed by atoms with Gasteiger partial charge in [0.05, 0.1) is 0 Å². The zero-order chi connectivity index (χ0) is 13.8. The summed E-state index contributed by atoms with van der Waals surface area (Å²) in [6.07, 6.45) is 6.67. The molecule has 0 unspecified atom stereocenters. The van der Waals surface area contributed by atoms with E-state index in [1.165, 1.54) is 37.7 Å². The molecule has 3 heteroatoms. The van der Waals surface area contributed by atoms with Gasteiger partial charge >= 0.3 is 0 Å². The van der Waals surface area contributed by atoms with Gasteiger partial charge in [0.1, 0.15) is 5.82 Å². The number of pyridine rings is 1. The minimum absolute atomic E-state index is 0.449. The number of nitrogens with zero attached hydrogens (tertiary/aromatic N) is 2. The molecule has 0 spiro atoms. The highest BCUT2D eigenvalue weighted by Gasteiger charge is 2.20. The zero-order valence-electron chi connectivity index (χ0n) is 12.5. The van der Waals surface area contributed by atoms with Gasteiger partial charge in [0.25, 0.3) is 0 Å². The number of hydrogen-bond acceptors (Lipinski definition) is 3. The lowest BCUT2D eigenvalue weighted by Gasteiger charge is -2.32. The predicted molar refractivity (Wildman–Crippen MR) is 81.5 cm³/mol. The van der Waals surface area contributed by atoms with Crippen molar-refractivity contribution in [3.63, 3.8) is 0 Å². The fourth-order valence-electron chi connectivity index (χ4n) is 2.84. The lowest BCUT2D eigenvalue weighted by molar-refractivity contribution is 0.425. The van der Waals surface area contributed by atoms with Gasteiger partial charge in [-0.05, 0) is 36.5 Å². The summed E-state index contributed by atoms with van der Waals surface area (Å²) in [6.45, 7) is 4.97. The second kappa shape index (κ2) is 6.38. The van der Waals surface area contributed by atoms with Crippen molar-refractivity contribution in [2.24, 2.45) is 5.73 Å². The van der Waals surface area contributed by atoms with Crippen molar-refractivity contribution in [3.05, 3.63) is 23.4 Å². The van der Waals surface area contributed by atoms with Crippen molar-refractivity contribution in [2.45, 2.75) is 64.5 Å². The van der Waals surface area contributed by atoms with Crippen LogP contribution in [0.4, 0.5) is 5.82 Å². The quantitative estimate of drug-likeness (QED) is 0.903. The third-order valence-electron chi connectivity index (χ3n) is 4.20. The molecule has 0 saturated heterocycles. The summed E-state index contributed by atoms with van der Waals surface area (Å²) in [6, 6.07) is 4.94. The van der Waals surface area contributed by atoms with Gasteiger partial charge in [0.2, 0.25) is 0 Å². The van der Waals surface area contributed by atoms with Gasteiger partial charge in [0.15, 0.2) is 0 Å². The third kappa shape index (κ3) is 3.47. The van der Waals surface area contributed by atoms with E-state index in [0.29, 0.717) is 18.5 Å². The Labute approximate surface area is 117 Å². The Bertz CT molecular complexity index is 408. The van der Waals surface area contributed by atoms with Crippen LogP contribution in [0.3, 0.4) is 0 Å². The first-order valence-electron chi connectivity index (χ1n) is 7.55. The number of rotatable bonds is 4. The smallest absolute Gasteiger partial charge is 0.129 e. The maximum Gasteiger partial charge on any atom is 0.129 e. The third-order valence-corrected chi connectivity index (χ3v) is 4.20. The summed E-state index contributed by atoms with van der Waals surface area (Å²) in [5, 5.41) is 0. The molecular formula is C16H27N3. The van der Waals surface area contributed by atoms with Crippen LogP contribution in [0.15, 0.2) is 12.1 Å². The van der Waals surface area contributed by atoms with E-state index in [9.17, 15) is 0 Å². The Morgan fingerprint density at radius 1 is 1.26 bits per heavy atom. The normalized spacial score (nSPS) is 16.9. The molecule has 3 nitrogen and oxygen atoms in total. The minimum Gasteiger partial charge on any atom is -0.357 e. The molecule has 106 valence electrons. The van der Waals surface area contributed by atoms with Crippen molar-refractivity contribution in [3.8, 4) is 0 Å². The highest BCUT2D eigenvalue weighted by molar-refractivity contribution is 5.43. The van der Waals surface area contributed by atoms with Crippen LogP contribution < -0.4 is 10.6 Å². The molecule has 1 aromatic heterocycles. The van der Waals surface area contributed by atoms with Gasteiger partial charge in [-0.15, -0.1) is 0 Å². The monoisotopic (exact) mass is 261 g/mol. The van der Waals surface area contributed by atoms with E-state index in [0.717, 1.165) is 11.5 Å². The van der Waals surface area contributed by atoms with E-state index in [-0.39, 0.29) is 0 Å². The van der Waals surface area contributed by atoms with Crippen LogP contribution in [0.5, 0.6) is 0 Å². The Hall–Kier alpha value is -1.09. The molecule has 0 aromatic carbocycles. The molecule has 2 N–H and O–H groups in total. The molecule has 1 aliphatic carbocycles. The summed E-state index contributed by atoms with van der Waals surface area (Å²) in [7, 11) is 2.18. The molecule has 2 rings (SSSR count). The van der Waals surface area contributed by atoms with Crippen LogP contribution >= 0.6 is 0 Å². The maximum atomic E-state index is 5.82. The van der Waals surface area contributed by atoms with Crippen LogP contribution in [0, 0.1) is 0 Å². The molecule has 1 aliphatic rings. The van der Waals surface area contributed by atoms with E-state index in [1.807, 2.05) is 0 Å². The topological polar surface area (TPSA) is 42.1 Å². The second-order valence-electron chi connectivity index (χ2n) is 6.02. The number of anilines is 1. The van der Waals surface area contributed by atoms with Gasteiger partial charge in [-0.3, -0.25) is 0 Å². The summed E-state index contributed by atoms with van der Waals surface area (Å²) >= 11 is 0.